The van der Waals surface area contributed by atoms with Crippen molar-refractivity contribution in [3.05, 3.63) is 0 Å². The molecule has 0 aliphatic heterocycles. The Morgan fingerprint density at radius 3 is 1.90 bits per heavy atom. The molecule has 0 rings (SSSR count). The average molecular weight is 322 g/mol. The minimum Gasteiger partial charge on any atom is -0.465 e. The summed E-state index contributed by atoms with van der Waals surface area (Å²) >= 11 is 0. The zero-order valence-electron chi connectivity index (χ0n) is 13.6. The highest BCUT2D eigenvalue weighted by molar-refractivity contribution is 7.51. The molecule has 0 unspecified atom stereocenters. The first kappa shape index (κ1) is 20.6. The number of esters is 1. The van der Waals surface area contributed by atoms with Gasteiger partial charge in [-0.05, 0) is 25.7 Å². The molecule has 21 heavy (non-hydrogen) atoms. The van der Waals surface area contributed by atoms with Crippen LogP contribution in [0.2, 0.25) is 0 Å². The quantitative estimate of drug-likeness (QED) is 0.421. The number of carbonyl (C=O) groups is 1. The molecule has 0 bridgehead atoms. The molecule has 6 heteroatoms. The van der Waals surface area contributed by atoms with Crippen molar-refractivity contribution in [1.82, 2.24) is 0 Å². The number of hydrogen-bond donors (Lipinski definition) is 2. The van der Waals surface area contributed by atoms with Crippen LogP contribution in [0.3, 0.4) is 0 Å². The van der Waals surface area contributed by atoms with E-state index in [4.69, 9.17) is 14.5 Å². The fraction of sp³-hybridized carbons (Fsp3) is 0.933. The maximum atomic E-state index is 12.5. The Balaban J connectivity index is 5.08. The van der Waals surface area contributed by atoms with Gasteiger partial charge in [-0.3, -0.25) is 9.36 Å². The van der Waals surface area contributed by atoms with Gasteiger partial charge in [-0.25, -0.2) is 0 Å². The van der Waals surface area contributed by atoms with Gasteiger partial charge in [0.25, 0.3) is 0 Å². The largest absolute Gasteiger partial charge is 0.465 e. The number of unbranched alkanes of at least 4 members (excludes halogenated alkanes) is 2. The summed E-state index contributed by atoms with van der Waals surface area (Å²) in [6.45, 7) is 6.40. The molecule has 0 spiro atoms. The highest BCUT2D eigenvalue weighted by Crippen LogP contribution is 2.44. The smallest absolute Gasteiger partial charge is 0.325 e. The predicted molar refractivity (Wildman–Crippen MR) is 84.3 cm³/mol. The number of hydrogen-bond acceptors (Lipinski definition) is 3. The van der Waals surface area contributed by atoms with Gasteiger partial charge in [0.15, 0.2) is 0 Å². The van der Waals surface area contributed by atoms with Crippen LogP contribution in [0.4, 0.5) is 0 Å². The summed E-state index contributed by atoms with van der Waals surface area (Å²) in [5, 5.41) is 0. The zero-order chi connectivity index (χ0) is 16.4. The first-order chi connectivity index (χ1) is 9.81. The molecule has 2 N–H and O–H groups in total. The van der Waals surface area contributed by atoms with Gasteiger partial charge < -0.3 is 14.5 Å². The van der Waals surface area contributed by atoms with Crippen LogP contribution >= 0.6 is 7.60 Å². The molecule has 0 aromatic rings. The van der Waals surface area contributed by atoms with Gasteiger partial charge in [0.2, 0.25) is 0 Å². The van der Waals surface area contributed by atoms with Gasteiger partial charge in [0, 0.05) is 0 Å². The van der Waals surface area contributed by atoms with E-state index in [1.165, 1.54) is 0 Å². The van der Waals surface area contributed by atoms with E-state index < -0.39 is 13.0 Å². The van der Waals surface area contributed by atoms with E-state index in [2.05, 4.69) is 0 Å². The van der Waals surface area contributed by atoms with E-state index in [1.54, 1.807) is 0 Å². The fourth-order valence-corrected chi connectivity index (χ4v) is 3.14. The van der Waals surface area contributed by atoms with Crippen molar-refractivity contribution in [2.75, 3.05) is 12.8 Å². The third-order valence-corrected chi connectivity index (χ3v) is 4.58. The van der Waals surface area contributed by atoms with Gasteiger partial charge in [0.05, 0.1) is 18.2 Å². The molecule has 0 saturated heterocycles. The van der Waals surface area contributed by atoms with Crippen molar-refractivity contribution in [2.45, 2.75) is 72.1 Å². The highest BCUT2D eigenvalue weighted by atomic mass is 31.2. The number of carbonyl (C=O) groups excluding carboxylic acids is 1. The third-order valence-electron chi connectivity index (χ3n) is 3.77. The van der Waals surface area contributed by atoms with Gasteiger partial charge in [-0.1, -0.05) is 46.5 Å². The Morgan fingerprint density at radius 1 is 1.00 bits per heavy atom. The Bertz CT molecular complexity index is 329. The van der Waals surface area contributed by atoms with Gasteiger partial charge in [0.1, 0.15) is 0 Å². The summed E-state index contributed by atoms with van der Waals surface area (Å²) in [5.41, 5.74) is -0.734. The first-order valence-electron chi connectivity index (χ1n) is 8.03. The lowest BCUT2D eigenvalue weighted by Crippen LogP contribution is -2.34. The lowest BCUT2D eigenvalue weighted by Gasteiger charge is -2.32. The number of ether oxygens (including phenoxy) is 1. The summed E-state index contributed by atoms with van der Waals surface area (Å²) < 4.78 is 16.5. The molecule has 0 fully saturated rings. The van der Waals surface area contributed by atoms with E-state index in [0.717, 1.165) is 32.1 Å². The van der Waals surface area contributed by atoms with Crippen LogP contribution in [-0.4, -0.2) is 28.5 Å². The maximum Gasteiger partial charge on any atom is 0.325 e. The average Bonchev–Trinajstić information content (AvgIpc) is 2.43. The predicted octanol–water partition coefficient (Wildman–Crippen LogP) is 3.87. The first-order valence-corrected chi connectivity index (χ1v) is 9.83. The van der Waals surface area contributed by atoms with Crippen LogP contribution in [0.25, 0.3) is 0 Å². The molecule has 0 aliphatic rings. The van der Waals surface area contributed by atoms with E-state index >= 15 is 0 Å². The molecule has 0 radical (unpaired) electrons. The molecule has 0 amide bonds. The Morgan fingerprint density at radius 2 is 1.52 bits per heavy atom. The second-order valence-corrected chi connectivity index (χ2v) is 7.54. The van der Waals surface area contributed by atoms with Crippen molar-refractivity contribution < 1.29 is 23.9 Å². The topological polar surface area (TPSA) is 83.8 Å². The van der Waals surface area contributed by atoms with Gasteiger partial charge in [-0.2, -0.15) is 0 Å². The molecule has 0 aliphatic carbocycles. The van der Waals surface area contributed by atoms with Crippen molar-refractivity contribution in [3.63, 3.8) is 0 Å². The fourth-order valence-electron chi connectivity index (χ4n) is 2.42. The standard InChI is InChI=1S/C15H31O5P/c1-4-7-9-15(10-8-5-2,11-13-21(17,18)19)14(16)20-12-6-3/h4-13H2,1-3H3,(H2,17,18,19). The summed E-state index contributed by atoms with van der Waals surface area (Å²) in [6.07, 6.45) is 5.63. The Labute approximate surface area is 128 Å². The van der Waals surface area contributed by atoms with Crippen LogP contribution in [-0.2, 0) is 14.1 Å². The second kappa shape index (κ2) is 10.4. The van der Waals surface area contributed by atoms with Crippen molar-refractivity contribution >= 4 is 13.6 Å². The van der Waals surface area contributed by atoms with Gasteiger partial charge >= 0.3 is 13.6 Å². The molecule has 0 aromatic carbocycles. The molecule has 0 saturated carbocycles. The minimum absolute atomic E-state index is 0.208. The molecule has 5 nitrogen and oxygen atoms in total. The maximum absolute atomic E-state index is 12.5. The lowest BCUT2D eigenvalue weighted by atomic mass is 9.76. The number of rotatable bonds is 12. The zero-order valence-corrected chi connectivity index (χ0v) is 14.5. The summed E-state index contributed by atoms with van der Waals surface area (Å²) in [7, 11) is -4.10. The van der Waals surface area contributed by atoms with Crippen LogP contribution in [0, 0.1) is 5.41 Å². The molecular formula is C15H31O5P. The van der Waals surface area contributed by atoms with E-state index in [0.29, 0.717) is 19.4 Å². The monoisotopic (exact) mass is 322 g/mol. The van der Waals surface area contributed by atoms with Crippen molar-refractivity contribution in [1.29, 1.82) is 0 Å². The molecule has 126 valence electrons. The minimum atomic E-state index is -4.10. The second-order valence-electron chi connectivity index (χ2n) is 5.76. The molecular weight excluding hydrogens is 291 g/mol. The third kappa shape index (κ3) is 8.60. The van der Waals surface area contributed by atoms with Crippen LogP contribution in [0.1, 0.15) is 72.1 Å². The Kier molecular flexibility index (Phi) is 10.2. The summed E-state index contributed by atoms with van der Waals surface area (Å²) in [5.74, 6) is -0.278. The van der Waals surface area contributed by atoms with E-state index in [9.17, 15) is 9.36 Å². The highest BCUT2D eigenvalue weighted by Gasteiger charge is 2.40. The summed E-state index contributed by atoms with van der Waals surface area (Å²) in [4.78, 5) is 30.8. The van der Waals surface area contributed by atoms with Crippen molar-refractivity contribution in [2.24, 2.45) is 5.41 Å². The lowest BCUT2D eigenvalue weighted by molar-refractivity contribution is -0.157. The normalized spacial score (nSPS) is 12.4. The van der Waals surface area contributed by atoms with E-state index in [1.807, 2.05) is 20.8 Å². The Hall–Kier alpha value is -0.380. The molecule has 0 atom stereocenters. The van der Waals surface area contributed by atoms with E-state index in [-0.39, 0.29) is 18.6 Å². The summed E-state index contributed by atoms with van der Waals surface area (Å²) in [6, 6.07) is 0. The molecule has 0 aromatic heterocycles. The van der Waals surface area contributed by atoms with Gasteiger partial charge in [-0.15, -0.1) is 0 Å². The molecule has 0 heterocycles. The SMILES string of the molecule is CCCCC(CCCC)(CCP(=O)(O)O)C(=O)OCCC. The van der Waals surface area contributed by atoms with Crippen LogP contribution in [0.5, 0.6) is 0 Å². The van der Waals surface area contributed by atoms with Crippen LogP contribution < -0.4 is 0 Å². The van der Waals surface area contributed by atoms with Crippen LogP contribution in [0.15, 0.2) is 0 Å². The van der Waals surface area contributed by atoms with Crippen molar-refractivity contribution in [3.8, 4) is 0 Å².